The molecule has 36 heavy (non-hydrogen) atoms. The van der Waals surface area contributed by atoms with Crippen molar-refractivity contribution in [1.82, 2.24) is 25.0 Å². The topological polar surface area (TPSA) is 117 Å². The fraction of sp³-hybridized carbons (Fsp3) is 0.148. The van der Waals surface area contributed by atoms with E-state index in [0.29, 0.717) is 19.4 Å². The molecule has 2 aromatic carbocycles. The number of rotatable bonds is 9. The molecule has 3 N–H and O–H groups in total. The van der Waals surface area contributed by atoms with Crippen LogP contribution in [0.2, 0.25) is 0 Å². The highest BCUT2D eigenvalue weighted by Crippen LogP contribution is 2.18. The molecule has 3 heterocycles. The number of fused-ring (bicyclic) bond motifs is 2. The van der Waals surface area contributed by atoms with Gasteiger partial charge in [0.2, 0.25) is 10.0 Å². The normalized spacial score (nSPS) is 11.7. The van der Waals surface area contributed by atoms with Crippen LogP contribution in [0.1, 0.15) is 21.6 Å². The molecule has 0 saturated carbocycles. The van der Waals surface area contributed by atoms with Gasteiger partial charge in [-0.2, -0.15) is 0 Å². The molecule has 8 nitrogen and oxygen atoms in total. The lowest BCUT2D eigenvalue weighted by Crippen LogP contribution is -2.26. The van der Waals surface area contributed by atoms with Crippen LogP contribution in [0.5, 0.6) is 0 Å². The SMILES string of the molecule is O=C(NCCc1cccc2cccnc12)c1cc(S(=O)(=O)NCCc2cccc3cccnc23)c[nH]1. The molecule has 0 fully saturated rings. The van der Waals surface area contributed by atoms with E-state index in [9.17, 15) is 13.2 Å². The molecular formula is C27H25N5O3S. The van der Waals surface area contributed by atoms with Crippen molar-refractivity contribution in [3.05, 3.63) is 102 Å². The van der Waals surface area contributed by atoms with E-state index in [1.807, 2.05) is 60.7 Å². The Bertz CT molecular complexity index is 1640. The first-order chi connectivity index (χ1) is 17.5. The number of nitrogens with one attached hydrogen (secondary N) is 3. The molecule has 0 spiro atoms. The number of sulfonamides is 1. The zero-order valence-corrected chi connectivity index (χ0v) is 20.3. The quantitative estimate of drug-likeness (QED) is 0.287. The molecule has 5 aromatic rings. The third kappa shape index (κ3) is 5.12. The van der Waals surface area contributed by atoms with Gasteiger partial charge in [-0.1, -0.05) is 48.5 Å². The van der Waals surface area contributed by atoms with Crippen LogP contribution in [-0.4, -0.2) is 42.4 Å². The van der Waals surface area contributed by atoms with Gasteiger partial charge in [0.05, 0.1) is 11.0 Å². The first-order valence-corrected chi connectivity index (χ1v) is 13.1. The Kier molecular flexibility index (Phi) is 6.75. The first kappa shape index (κ1) is 23.7. The second-order valence-corrected chi connectivity index (χ2v) is 10.2. The number of aromatic nitrogens is 3. The van der Waals surface area contributed by atoms with Crippen molar-refractivity contribution in [2.45, 2.75) is 17.7 Å². The molecule has 5 rings (SSSR count). The van der Waals surface area contributed by atoms with Crippen molar-refractivity contribution in [1.29, 1.82) is 0 Å². The number of hydrogen-bond acceptors (Lipinski definition) is 5. The maximum Gasteiger partial charge on any atom is 0.267 e. The Labute approximate surface area is 208 Å². The van der Waals surface area contributed by atoms with Crippen molar-refractivity contribution in [3.63, 3.8) is 0 Å². The lowest BCUT2D eigenvalue weighted by Gasteiger charge is -2.07. The van der Waals surface area contributed by atoms with Crippen LogP contribution in [0.4, 0.5) is 0 Å². The van der Waals surface area contributed by atoms with Gasteiger partial charge in [0.1, 0.15) is 10.6 Å². The molecule has 0 aliphatic heterocycles. The fourth-order valence-electron chi connectivity index (χ4n) is 4.21. The smallest absolute Gasteiger partial charge is 0.267 e. The molecule has 3 aromatic heterocycles. The number of carbonyl (C=O) groups is 1. The predicted molar refractivity (Wildman–Crippen MR) is 139 cm³/mol. The van der Waals surface area contributed by atoms with Gasteiger partial charge in [-0.25, -0.2) is 13.1 Å². The van der Waals surface area contributed by atoms with Crippen molar-refractivity contribution < 1.29 is 13.2 Å². The maximum atomic E-state index is 12.8. The summed E-state index contributed by atoms with van der Waals surface area (Å²) in [6.45, 7) is 0.608. The molecule has 0 aliphatic rings. The summed E-state index contributed by atoms with van der Waals surface area (Å²) in [5, 5.41) is 4.89. The largest absolute Gasteiger partial charge is 0.356 e. The van der Waals surface area contributed by atoms with Crippen LogP contribution in [-0.2, 0) is 22.9 Å². The minimum Gasteiger partial charge on any atom is -0.356 e. The average molecular weight is 500 g/mol. The Morgan fingerprint density at radius 2 is 1.39 bits per heavy atom. The molecule has 0 radical (unpaired) electrons. The van der Waals surface area contributed by atoms with Crippen LogP contribution in [0, 0.1) is 0 Å². The summed E-state index contributed by atoms with van der Waals surface area (Å²) < 4.78 is 28.1. The summed E-state index contributed by atoms with van der Waals surface area (Å²) in [5.41, 5.74) is 3.96. The van der Waals surface area contributed by atoms with Gasteiger partial charge in [0, 0.05) is 42.5 Å². The van der Waals surface area contributed by atoms with Gasteiger partial charge in [-0.3, -0.25) is 14.8 Å². The van der Waals surface area contributed by atoms with Crippen LogP contribution in [0.3, 0.4) is 0 Å². The van der Waals surface area contributed by atoms with Gasteiger partial charge in [-0.05, 0) is 42.2 Å². The van der Waals surface area contributed by atoms with Gasteiger partial charge < -0.3 is 10.3 Å². The summed E-state index contributed by atoms with van der Waals surface area (Å²) in [6.07, 6.45) is 5.90. The predicted octanol–water partition coefficient (Wildman–Crippen LogP) is 3.60. The fourth-order valence-corrected chi connectivity index (χ4v) is 5.23. The number of amides is 1. The van der Waals surface area contributed by atoms with E-state index in [1.165, 1.54) is 12.3 Å². The highest BCUT2D eigenvalue weighted by Gasteiger charge is 2.18. The number of nitrogens with zero attached hydrogens (tertiary/aromatic N) is 2. The summed E-state index contributed by atoms with van der Waals surface area (Å²) in [5.74, 6) is -0.369. The number of H-pyrrole nitrogens is 1. The molecule has 0 unspecified atom stereocenters. The van der Waals surface area contributed by atoms with E-state index < -0.39 is 10.0 Å². The third-order valence-electron chi connectivity index (χ3n) is 6.01. The number of carbonyl (C=O) groups excluding carboxylic acids is 1. The lowest BCUT2D eigenvalue weighted by molar-refractivity contribution is 0.0949. The number of benzene rings is 2. The van der Waals surface area contributed by atoms with Gasteiger partial charge in [0.25, 0.3) is 5.91 Å². The van der Waals surface area contributed by atoms with E-state index in [4.69, 9.17) is 0 Å². The number of aromatic amines is 1. The molecule has 0 atom stereocenters. The standard InChI is InChI=1S/C27H25N5O3S/c33-27(30-15-11-21-7-1-5-19-9-3-13-28-25(19)21)24-17-23(18-31-24)36(34,35)32-16-12-22-8-2-6-20-10-4-14-29-26(20)22/h1-10,13-14,17-18,31-32H,11-12,15-16H2,(H,30,33). The van der Waals surface area contributed by atoms with Crippen LogP contribution < -0.4 is 10.0 Å². The summed E-state index contributed by atoms with van der Waals surface area (Å²) in [4.78, 5) is 24.2. The summed E-state index contributed by atoms with van der Waals surface area (Å²) in [6, 6.07) is 20.9. The number of para-hydroxylation sites is 2. The third-order valence-corrected chi connectivity index (χ3v) is 7.45. The molecule has 9 heteroatoms. The molecule has 0 bridgehead atoms. The highest BCUT2D eigenvalue weighted by atomic mass is 32.2. The van der Waals surface area contributed by atoms with Gasteiger partial charge in [0.15, 0.2) is 0 Å². The van der Waals surface area contributed by atoms with E-state index in [-0.39, 0.29) is 23.0 Å². The Balaban J connectivity index is 1.17. The minimum absolute atomic E-state index is 0.0157. The van der Waals surface area contributed by atoms with E-state index >= 15 is 0 Å². The van der Waals surface area contributed by atoms with Crippen molar-refractivity contribution >= 4 is 37.7 Å². The van der Waals surface area contributed by atoms with Crippen LogP contribution >= 0.6 is 0 Å². The Morgan fingerprint density at radius 3 is 2.03 bits per heavy atom. The molecule has 0 saturated heterocycles. The van der Waals surface area contributed by atoms with Gasteiger partial charge >= 0.3 is 0 Å². The number of hydrogen-bond donors (Lipinski definition) is 3. The average Bonchev–Trinajstić information content (AvgIpc) is 3.41. The van der Waals surface area contributed by atoms with Gasteiger partial charge in [-0.15, -0.1) is 0 Å². The van der Waals surface area contributed by atoms with Crippen LogP contribution in [0.15, 0.2) is 90.2 Å². The first-order valence-electron chi connectivity index (χ1n) is 11.6. The molecule has 1 amide bonds. The van der Waals surface area contributed by atoms with Crippen LogP contribution in [0.25, 0.3) is 21.8 Å². The van der Waals surface area contributed by atoms with Crippen molar-refractivity contribution in [3.8, 4) is 0 Å². The molecule has 182 valence electrons. The zero-order chi connectivity index (χ0) is 25.0. The minimum atomic E-state index is -3.77. The maximum absolute atomic E-state index is 12.8. The second-order valence-electron chi connectivity index (χ2n) is 8.39. The highest BCUT2D eigenvalue weighted by molar-refractivity contribution is 7.89. The van der Waals surface area contributed by atoms with E-state index in [2.05, 4.69) is 25.0 Å². The Hall–Kier alpha value is -4.08. The lowest BCUT2D eigenvalue weighted by atomic mass is 10.1. The number of pyridine rings is 2. The van der Waals surface area contributed by atoms with Crippen molar-refractivity contribution in [2.24, 2.45) is 0 Å². The monoisotopic (exact) mass is 499 g/mol. The van der Waals surface area contributed by atoms with E-state index in [0.717, 1.165) is 32.9 Å². The second kappa shape index (κ2) is 10.3. The summed E-state index contributed by atoms with van der Waals surface area (Å²) in [7, 11) is -3.77. The van der Waals surface area contributed by atoms with E-state index in [1.54, 1.807) is 12.4 Å². The zero-order valence-electron chi connectivity index (χ0n) is 19.4. The van der Waals surface area contributed by atoms with Crippen molar-refractivity contribution in [2.75, 3.05) is 13.1 Å². The Morgan fingerprint density at radius 1 is 0.806 bits per heavy atom. The molecule has 0 aliphatic carbocycles. The molecular weight excluding hydrogens is 474 g/mol. The summed E-state index contributed by atoms with van der Waals surface area (Å²) >= 11 is 0.